The summed E-state index contributed by atoms with van der Waals surface area (Å²) in [5, 5.41) is 3.44. The Labute approximate surface area is 104 Å². The second-order valence-corrected chi connectivity index (χ2v) is 5.58. The molecule has 1 atom stereocenters. The number of hydrogen-bond acceptors (Lipinski definition) is 2. The molecule has 92 valence electrons. The summed E-state index contributed by atoms with van der Waals surface area (Å²) in [6.45, 7) is 3.42. The van der Waals surface area contributed by atoms with Crippen LogP contribution in [-0.2, 0) is 6.54 Å². The third-order valence-electron chi connectivity index (χ3n) is 4.09. The van der Waals surface area contributed by atoms with E-state index in [2.05, 4.69) is 41.5 Å². The Morgan fingerprint density at radius 3 is 2.88 bits per heavy atom. The summed E-state index contributed by atoms with van der Waals surface area (Å²) >= 11 is 0. The average Bonchev–Trinajstić information content (AvgIpc) is 3.04. The second kappa shape index (κ2) is 4.79. The van der Waals surface area contributed by atoms with Gasteiger partial charge in [0.05, 0.1) is 0 Å². The van der Waals surface area contributed by atoms with Gasteiger partial charge in [0.2, 0.25) is 0 Å². The molecule has 1 aliphatic heterocycles. The predicted molar refractivity (Wildman–Crippen MR) is 71.2 cm³/mol. The van der Waals surface area contributed by atoms with Crippen molar-refractivity contribution in [2.24, 2.45) is 0 Å². The lowest BCUT2D eigenvalue weighted by molar-refractivity contribution is 0.249. The van der Waals surface area contributed by atoms with Crippen LogP contribution in [0.1, 0.15) is 36.3 Å². The molecule has 3 rings (SSSR count). The van der Waals surface area contributed by atoms with Crippen LogP contribution in [0.25, 0.3) is 0 Å². The molecule has 1 N–H and O–H groups in total. The van der Waals surface area contributed by atoms with Gasteiger partial charge in [-0.2, -0.15) is 0 Å². The highest BCUT2D eigenvalue weighted by Gasteiger charge is 2.24. The summed E-state index contributed by atoms with van der Waals surface area (Å²) in [5.74, 6) is 0.869. The van der Waals surface area contributed by atoms with E-state index in [-0.39, 0.29) is 0 Å². The van der Waals surface area contributed by atoms with E-state index in [0.717, 1.165) is 25.0 Å². The zero-order valence-electron chi connectivity index (χ0n) is 10.7. The first-order valence-electron chi connectivity index (χ1n) is 6.83. The Morgan fingerprint density at radius 1 is 1.29 bits per heavy atom. The molecular weight excluding hydrogens is 208 g/mol. The molecule has 1 aromatic rings. The van der Waals surface area contributed by atoms with Gasteiger partial charge in [0.25, 0.3) is 0 Å². The largest absolute Gasteiger partial charge is 0.315 e. The summed E-state index contributed by atoms with van der Waals surface area (Å²) in [4.78, 5) is 2.49. The fraction of sp³-hybridized carbons (Fsp3) is 0.600. The Kier molecular flexibility index (Phi) is 3.17. The monoisotopic (exact) mass is 230 g/mol. The number of hydrogen-bond donors (Lipinski definition) is 1. The maximum atomic E-state index is 3.44. The van der Waals surface area contributed by atoms with Crippen LogP contribution in [0.2, 0.25) is 0 Å². The SMILES string of the molecule is CN(Cc1cccc(C2CC2)c1)C1CCNC1. The molecule has 17 heavy (non-hydrogen) atoms. The lowest BCUT2D eigenvalue weighted by atomic mass is 10.1. The molecule has 0 amide bonds. The third kappa shape index (κ3) is 2.70. The first kappa shape index (κ1) is 11.2. The van der Waals surface area contributed by atoms with Crippen LogP contribution >= 0.6 is 0 Å². The highest BCUT2D eigenvalue weighted by molar-refractivity contribution is 5.29. The molecule has 1 unspecified atom stereocenters. The van der Waals surface area contributed by atoms with E-state index in [1.165, 1.54) is 31.4 Å². The summed E-state index contributed by atoms with van der Waals surface area (Å²) in [5.41, 5.74) is 3.03. The lowest BCUT2D eigenvalue weighted by Gasteiger charge is -2.23. The van der Waals surface area contributed by atoms with E-state index in [0.29, 0.717) is 0 Å². The van der Waals surface area contributed by atoms with Crippen LogP contribution in [0.15, 0.2) is 24.3 Å². The number of nitrogens with one attached hydrogen (secondary N) is 1. The van der Waals surface area contributed by atoms with E-state index in [9.17, 15) is 0 Å². The smallest absolute Gasteiger partial charge is 0.0234 e. The third-order valence-corrected chi connectivity index (χ3v) is 4.09. The van der Waals surface area contributed by atoms with Crippen LogP contribution in [0.5, 0.6) is 0 Å². The Hall–Kier alpha value is -0.860. The van der Waals surface area contributed by atoms with Crippen LogP contribution in [0.4, 0.5) is 0 Å². The van der Waals surface area contributed by atoms with Crippen molar-refractivity contribution in [2.45, 2.75) is 37.8 Å². The molecule has 2 heteroatoms. The van der Waals surface area contributed by atoms with Crippen LogP contribution < -0.4 is 5.32 Å². The summed E-state index contributed by atoms with van der Waals surface area (Å²) in [7, 11) is 2.25. The Morgan fingerprint density at radius 2 is 2.18 bits per heavy atom. The predicted octanol–water partition coefficient (Wildman–Crippen LogP) is 2.36. The molecule has 0 radical (unpaired) electrons. The van der Waals surface area contributed by atoms with Crippen molar-refractivity contribution in [3.63, 3.8) is 0 Å². The van der Waals surface area contributed by atoms with Crippen molar-refractivity contribution in [3.8, 4) is 0 Å². The molecule has 2 aliphatic rings. The minimum atomic E-state index is 0.722. The van der Waals surface area contributed by atoms with E-state index in [4.69, 9.17) is 0 Å². The van der Waals surface area contributed by atoms with Gasteiger partial charge >= 0.3 is 0 Å². The highest BCUT2D eigenvalue weighted by atomic mass is 15.2. The second-order valence-electron chi connectivity index (χ2n) is 5.58. The molecule has 0 aromatic heterocycles. The zero-order chi connectivity index (χ0) is 11.7. The van der Waals surface area contributed by atoms with Crippen molar-refractivity contribution >= 4 is 0 Å². The summed E-state index contributed by atoms with van der Waals surface area (Å²) < 4.78 is 0. The van der Waals surface area contributed by atoms with Gasteiger partial charge in [-0.3, -0.25) is 4.90 Å². The van der Waals surface area contributed by atoms with Gasteiger partial charge in [0.15, 0.2) is 0 Å². The van der Waals surface area contributed by atoms with Crippen molar-refractivity contribution in [1.82, 2.24) is 10.2 Å². The van der Waals surface area contributed by atoms with E-state index in [1.54, 1.807) is 5.56 Å². The molecule has 0 spiro atoms. The van der Waals surface area contributed by atoms with Gasteiger partial charge in [-0.05, 0) is 49.9 Å². The molecule has 1 saturated heterocycles. The minimum absolute atomic E-state index is 0.722. The Bertz CT molecular complexity index is 378. The standard InChI is InChI=1S/C15H22N2/c1-17(15-7-8-16-10-15)11-12-3-2-4-14(9-12)13-5-6-13/h2-4,9,13,15-16H,5-8,10-11H2,1H3. The number of rotatable bonds is 4. The fourth-order valence-corrected chi connectivity index (χ4v) is 2.79. The van der Waals surface area contributed by atoms with E-state index < -0.39 is 0 Å². The molecule has 0 bridgehead atoms. The van der Waals surface area contributed by atoms with Gasteiger partial charge in [-0.25, -0.2) is 0 Å². The molecule has 1 aliphatic carbocycles. The molecule has 2 fully saturated rings. The maximum absolute atomic E-state index is 3.44. The lowest BCUT2D eigenvalue weighted by Crippen LogP contribution is -2.32. The molecule has 1 saturated carbocycles. The van der Waals surface area contributed by atoms with Gasteiger partial charge in [0.1, 0.15) is 0 Å². The minimum Gasteiger partial charge on any atom is -0.315 e. The highest BCUT2D eigenvalue weighted by Crippen LogP contribution is 2.40. The Balaban J connectivity index is 1.64. The number of nitrogens with zero attached hydrogens (tertiary/aromatic N) is 1. The maximum Gasteiger partial charge on any atom is 0.0234 e. The van der Waals surface area contributed by atoms with Crippen LogP contribution in [-0.4, -0.2) is 31.1 Å². The zero-order valence-corrected chi connectivity index (χ0v) is 10.7. The van der Waals surface area contributed by atoms with Crippen molar-refractivity contribution in [1.29, 1.82) is 0 Å². The van der Waals surface area contributed by atoms with Gasteiger partial charge in [-0.1, -0.05) is 24.3 Å². The fourth-order valence-electron chi connectivity index (χ4n) is 2.79. The summed E-state index contributed by atoms with van der Waals surface area (Å²) in [6.07, 6.45) is 4.08. The van der Waals surface area contributed by atoms with Crippen molar-refractivity contribution in [2.75, 3.05) is 20.1 Å². The quantitative estimate of drug-likeness (QED) is 0.854. The first-order chi connectivity index (χ1) is 8.33. The van der Waals surface area contributed by atoms with Crippen molar-refractivity contribution < 1.29 is 0 Å². The normalized spacial score (nSPS) is 24.5. The van der Waals surface area contributed by atoms with Gasteiger partial charge < -0.3 is 5.32 Å². The topological polar surface area (TPSA) is 15.3 Å². The molecular formula is C15H22N2. The molecule has 1 aromatic carbocycles. The van der Waals surface area contributed by atoms with Crippen LogP contribution in [0.3, 0.4) is 0 Å². The van der Waals surface area contributed by atoms with E-state index in [1.807, 2.05) is 0 Å². The van der Waals surface area contributed by atoms with Crippen LogP contribution in [0, 0.1) is 0 Å². The van der Waals surface area contributed by atoms with Gasteiger partial charge in [-0.15, -0.1) is 0 Å². The van der Waals surface area contributed by atoms with Crippen molar-refractivity contribution in [3.05, 3.63) is 35.4 Å². The molecule has 2 nitrogen and oxygen atoms in total. The number of likely N-dealkylation sites (N-methyl/N-ethyl adjacent to an activating group) is 1. The average molecular weight is 230 g/mol. The summed E-state index contributed by atoms with van der Waals surface area (Å²) in [6, 6.07) is 9.92. The van der Waals surface area contributed by atoms with E-state index >= 15 is 0 Å². The number of benzene rings is 1. The molecule has 1 heterocycles. The van der Waals surface area contributed by atoms with Gasteiger partial charge in [0, 0.05) is 19.1 Å². The first-order valence-corrected chi connectivity index (χ1v) is 6.83.